The highest BCUT2D eigenvalue weighted by atomic mass is 16.5. The Balaban J connectivity index is 0.000000270. The molecule has 2 aliphatic carbocycles. The Hall–Kier alpha value is -6.68. The maximum atomic E-state index is 11.5. The number of carboxylic acid groups (broad SMARTS) is 3. The van der Waals surface area contributed by atoms with Crippen molar-refractivity contribution < 1.29 is 58.3 Å². The first-order chi connectivity index (χ1) is 40.6. The van der Waals surface area contributed by atoms with E-state index in [1.807, 2.05) is 32.1 Å². The van der Waals surface area contributed by atoms with E-state index in [9.17, 15) is 33.9 Å². The van der Waals surface area contributed by atoms with Crippen LogP contribution in [0.5, 0.6) is 0 Å². The van der Waals surface area contributed by atoms with Crippen molar-refractivity contribution in [1.82, 2.24) is 9.80 Å². The van der Waals surface area contributed by atoms with Crippen LogP contribution in [-0.4, -0.2) is 126 Å². The SMILES string of the molecule is C/C=C/C=C/CC(=O)OCC(C(=O)O)c1ccccc1.C1CC2CCC(C1)C2.C=CCC(=O)OCC(C(=O)O)c1ccccc1.CC/C=C/CC(=O)OCC(C(=O)O)c1ccccc1.CN.CN1C2CCCC1CC2.CN1C2CCCC1CC2. The Labute approximate surface area is 501 Å². The normalized spacial score (nSPS) is 21.8. The fourth-order valence-corrected chi connectivity index (χ4v) is 11.7. The van der Waals surface area contributed by atoms with Gasteiger partial charge in [0.2, 0.25) is 0 Å². The molecule has 0 radical (unpaired) electrons. The number of nitrogens with zero attached hydrogens (tertiary/aromatic N) is 2. The first kappa shape index (κ1) is 71.6. The molecule has 4 heterocycles. The summed E-state index contributed by atoms with van der Waals surface area (Å²) in [5, 5.41) is 27.4. The zero-order valence-corrected chi connectivity index (χ0v) is 50.9. The minimum absolute atomic E-state index is 0.0845. The number of hydrogen-bond donors (Lipinski definition) is 4. The van der Waals surface area contributed by atoms with Crippen molar-refractivity contribution in [2.75, 3.05) is 41.0 Å². The zero-order chi connectivity index (χ0) is 61.5. The molecule has 15 nitrogen and oxygen atoms in total. The molecule has 6 fully saturated rings. The summed E-state index contributed by atoms with van der Waals surface area (Å²) in [5.41, 5.74) is 6.37. The molecule has 6 bridgehead atoms. The standard InChI is InChI=1S/C16H18O4.C15H18O4.C13H14O4.2C8H15N.C8H14.CH5N/c1-2-3-4-8-11-15(17)20-12-14(16(18)19)13-9-6-5-7-10-13;1-2-3-5-10-14(16)19-11-13(15(17)18)12-8-6-4-7-9-12;1-2-6-12(14)17-9-11(13(15)16)10-7-4-3-5-8-10;2*1-9-7-3-2-4-8(9)6-5-7;1-2-7-4-5-8(3-1)6-7;1-2/h2-10,14H,11-12H2,1H3,(H,18,19);3-9,13H,2,10-11H2,1H3,(H,17,18);2-5,7-8,11H,1,6,9H2,(H,15,16);2*7-8H,2-6H2,1H3;7-8H,1-6H2;2H2,1H3/b3-2+,8-4+;5-3+;;;;;. The Morgan fingerprint density at radius 2 is 0.833 bits per heavy atom. The molecule has 4 aliphatic heterocycles. The van der Waals surface area contributed by atoms with Gasteiger partial charge in [-0.1, -0.05) is 185 Å². The monoisotopic (exact) mass is 1160 g/mol. The van der Waals surface area contributed by atoms with Gasteiger partial charge < -0.3 is 45.1 Å². The number of esters is 3. The van der Waals surface area contributed by atoms with Crippen LogP contribution in [0, 0.1) is 11.8 Å². The third-order valence-corrected chi connectivity index (χ3v) is 16.4. The van der Waals surface area contributed by atoms with Crippen LogP contribution in [-0.2, 0) is 43.0 Å². The lowest BCUT2D eigenvalue weighted by atomic mass is 9.89. The second-order valence-corrected chi connectivity index (χ2v) is 22.1. The van der Waals surface area contributed by atoms with Crippen molar-refractivity contribution in [3.05, 3.63) is 157 Å². The summed E-state index contributed by atoms with van der Waals surface area (Å²) in [7, 11) is 6.09. The number of carbonyl (C=O) groups excluding carboxylic acids is 3. The van der Waals surface area contributed by atoms with E-state index >= 15 is 0 Å². The van der Waals surface area contributed by atoms with E-state index in [1.165, 1.54) is 83.8 Å². The summed E-state index contributed by atoms with van der Waals surface area (Å²) in [6.07, 6.45) is 37.4. The first-order valence-electron chi connectivity index (χ1n) is 30.5. The topological polar surface area (TPSA) is 223 Å². The van der Waals surface area contributed by atoms with E-state index in [0.29, 0.717) is 16.7 Å². The Morgan fingerprint density at radius 3 is 1.13 bits per heavy atom. The summed E-state index contributed by atoms with van der Waals surface area (Å²) < 4.78 is 14.9. The highest BCUT2D eigenvalue weighted by Crippen LogP contribution is 2.41. The third-order valence-electron chi connectivity index (χ3n) is 16.4. The van der Waals surface area contributed by atoms with Crippen LogP contribution >= 0.6 is 0 Å². The summed E-state index contributed by atoms with van der Waals surface area (Å²) in [6, 6.07) is 30.0. The molecule has 0 spiro atoms. The van der Waals surface area contributed by atoms with Crippen molar-refractivity contribution >= 4 is 35.8 Å². The van der Waals surface area contributed by atoms with E-state index in [2.05, 4.69) is 36.2 Å². The molecular formula is C69H99N3O12. The van der Waals surface area contributed by atoms with Gasteiger partial charge in [0.1, 0.15) is 37.6 Å². The van der Waals surface area contributed by atoms with Gasteiger partial charge in [-0.15, -0.1) is 6.58 Å². The van der Waals surface area contributed by atoms with E-state index in [4.69, 9.17) is 24.4 Å². The van der Waals surface area contributed by atoms with Gasteiger partial charge in [-0.2, -0.15) is 0 Å². The number of carboxylic acids is 3. The molecule has 2 saturated carbocycles. The number of rotatable bonds is 20. The van der Waals surface area contributed by atoms with Crippen molar-refractivity contribution in [1.29, 1.82) is 0 Å². The molecule has 9 atom stereocenters. The Kier molecular flexibility index (Phi) is 35.9. The Morgan fingerprint density at radius 1 is 0.500 bits per heavy atom. The smallest absolute Gasteiger partial charge is 0.314 e. The molecule has 5 N–H and O–H groups in total. The van der Waals surface area contributed by atoms with Gasteiger partial charge in [0, 0.05) is 24.2 Å². The summed E-state index contributed by atoms with van der Waals surface area (Å²) in [4.78, 5) is 72.6. The number of piperidine rings is 2. The average Bonchev–Trinajstić information content (AvgIpc) is 4.05. The van der Waals surface area contributed by atoms with E-state index in [0.717, 1.165) is 42.4 Å². The molecule has 4 saturated heterocycles. The van der Waals surface area contributed by atoms with Gasteiger partial charge in [0.15, 0.2) is 0 Å². The third kappa shape index (κ3) is 27.4. The maximum absolute atomic E-state index is 11.5. The molecule has 462 valence electrons. The molecule has 6 aliphatic rings. The lowest BCUT2D eigenvalue weighted by molar-refractivity contribution is -0.149. The van der Waals surface area contributed by atoms with Crippen LogP contribution in [0.4, 0.5) is 0 Å². The fourth-order valence-electron chi connectivity index (χ4n) is 11.7. The number of fused-ring (bicyclic) bond motifs is 6. The van der Waals surface area contributed by atoms with Crippen LogP contribution in [0.3, 0.4) is 0 Å². The molecule has 9 rings (SSSR count). The van der Waals surface area contributed by atoms with Crippen LogP contribution < -0.4 is 5.73 Å². The van der Waals surface area contributed by atoms with Crippen molar-refractivity contribution in [2.45, 2.75) is 184 Å². The maximum Gasteiger partial charge on any atom is 0.314 e. The highest BCUT2D eigenvalue weighted by Gasteiger charge is 2.34. The summed E-state index contributed by atoms with van der Waals surface area (Å²) in [6.45, 7) is 6.79. The second kappa shape index (κ2) is 42.2. The van der Waals surface area contributed by atoms with Crippen LogP contribution in [0.1, 0.15) is 177 Å². The summed E-state index contributed by atoms with van der Waals surface area (Å²) >= 11 is 0. The van der Waals surface area contributed by atoms with E-state index < -0.39 is 53.6 Å². The Bertz CT molecular complexity index is 2380. The number of hydrogen-bond acceptors (Lipinski definition) is 12. The minimum Gasteiger partial charge on any atom is -0.481 e. The predicted molar refractivity (Wildman–Crippen MR) is 332 cm³/mol. The van der Waals surface area contributed by atoms with Gasteiger partial charge in [-0.25, -0.2) is 0 Å². The second-order valence-electron chi connectivity index (χ2n) is 22.1. The molecule has 84 heavy (non-hydrogen) atoms. The lowest BCUT2D eigenvalue weighted by Crippen LogP contribution is -2.35. The van der Waals surface area contributed by atoms with Crippen molar-refractivity contribution in [2.24, 2.45) is 17.6 Å². The van der Waals surface area contributed by atoms with Crippen molar-refractivity contribution in [3.8, 4) is 0 Å². The van der Waals surface area contributed by atoms with Gasteiger partial charge >= 0.3 is 35.8 Å². The van der Waals surface area contributed by atoms with Gasteiger partial charge in [-0.3, -0.25) is 28.8 Å². The number of nitrogens with two attached hydrogens (primary N) is 1. The lowest BCUT2D eigenvalue weighted by Gasteiger charge is -2.30. The fraction of sp³-hybridized carbons (Fsp3) is 0.536. The van der Waals surface area contributed by atoms with E-state index in [1.54, 1.807) is 141 Å². The number of benzene rings is 3. The highest BCUT2D eigenvalue weighted by molar-refractivity contribution is 5.79. The van der Waals surface area contributed by atoms with E-state index in [-0.39, 0.29) is 39.1 Å². The van der Waals surface area contributed by atoms with Gasteiger partial charge in [0.25, 0.3) is 0 Å². The number of carbonyl (C=O) groups is 6. The molecule has 0 aromatic heterocycles. The first-order valence-corrected chi connectivity index (χ1v) is 30.5. The molecule has 0 amide bonds. The molecule has 3 aromatic rings. The molecule has 3 aromatic carbocycles. The largest absolute Gasteiger partial charge is 0.481 e. The zero-order valence-electron chi connectivity index (χ0n) is 50.9. The van der Waals surface area contributed by atoms with Gasteiger partial charge in [0.05, 0.1) is 19.3 Å². The number of allylic oxidation sites excluding steroid dienone is 4. The van der Waals surface area contributed by atoms with Crippen LogP contribution in [0.2, 0.25) is 0 Å². The molecular weight excluding hydrogens is 1060 g/mol. The summed E-state index contributed by atoms with van der Waals surface area (Å²) in [5.74, 6) is -4.49. The molecule has 15 heteroatoms. The predicted octanol–water partition coefficient (Wildman–Crippen LogP) is 13.1. The number of aliphatic carboxylic acids is 3. The van der Waals surface area contributed by atoms with Crippen molar-refractivity contribution in [3.63, 3.8) is 0 Å². The van der Waals surface area contributed by atoms with Crippen LogP contribution in [0.25, 0.3) is 0 Å². The van der Waals surface area contributed by atoms with Crippen LogP contribution in [0.15, 0.2) is 140 Å². The number of ether oxygens (including phenoxy) is 3. The molecule has 9 unspecified atom stereocenters. The quantitative estimate of drug-likeness (QED) is 0.0357. The average molecular weight is 1160 g/mol. The van der Waals surface area contributed by atoms with Gasteiger partial charge in [-0.05, 0) is 121 Å². The minimum atomic E-state index is -1.01.